The first-order chi connectivity index (χ1) is 13.8. The first kappa shape index (κ1) is 20.8. The van der Waals surface area contributed by atoms with E-state index in [4.69, 9.17) is 5.73 Å². The maximum Gasteiger partial charge on any atom is 0.270 e. The van der Waals surface area contributed by atoms with Crippen LogP contribution in [-0.2, 0) is 14.4 Å². The number of nitrogens with zero attached hydrogens (tertiary/aromatic N) is 3. The SMILES string of the molecule is CC(C)C(=O)NC1CCCN(C(=O)C2=NN(c3ccc(F)cc3)C(C(N)=O)C2)C1. The number of halogens is 1. The largest absolute Gasteiger partial charge is 0.368 e. The van der Waals surface area contributed by atoms with Gasteiger partial charge in [-0.05, 0) is 37.1 Å². The number of piperidine rings is 1. The Morgan fingerprint density at radius 2 is 1.93 bits per heavy atom. The van der Waals surface area contributed by atoms with Crippen LogP contribution in [0.4, 0.5) is 10.1 Å². The van der Waals surface area contributed by atoms with Crippen LogP contribution in [-0.4, -0.2) is 53.5 Å². The first-order valence-corrected chi connectivity index (χ1v) is 9.77. The minimum absolute atomic E-state index is 0.0428. The Kier molecular flexibility index (Phi) is 6.14. The predicted molar refractivity (Wildman–Crippen MR) is 106 cm³/mol. The molecule has 2 aliphatic heterocycles. The van der Waals surface area contributed by atoms with Crippen molar-refractivity contribution in [1.29, 1.82) is 0 Å². The molecule has 3 rings (SSSR count). The zero-order valence-corrected chi connectivity index (χ0v) is 16.6. The number of amides is 3. The molecule has 1 aromatic rings. The lowest BCUT2D eigenvalue weighted by atomic mass is 10.0. The highest BCUT2D eigenvalue weighted by atomic mass is 19.1. The van der Waals surface area contributed by atoms with Gasteiger partial charge in [0.2, 0.25) is 11.8 Å². The Labute approximate surface area is 168 Å². The third-order valence-electron chi connectivity index (χ3n) is 5.16. The molecule has 2 atom stereocenters. The summed E-state index contributed by atoms with van der Waals surface area (Å²) in [4.78, 5) is 38.5. The molecule has 1 saturated heterocycles. The van der Waals surface area contributed by atoms with Gasteiger partial charge < -0.3 is 16.0 Å². The van der Waals surface area contributed by atoms with Gasteiger partial charge in [0.1, 0.15) is 17.6 Å². The lowest BCUT2D eigenvalue weighted by Gasteiger charge is -2.33. The molecule has 3 amide bonds. The van der Waals surface area contributed by atoms with Crippen LogP contribution in [0.3, 0.4) is 0 Å². The number of hydrogen-bond acceptors (Lipinski definition) is 5. The van der Waals surface area contributed by atoms with E-state index in [9.17, 15) is 18.8 Å². The molecule has 29 heavy (non-hydrogen) atoms. The number of hydrogen-bond donors (Lipinski definition) is 2. The number of rotatable bonds is 5. The van der Waals surface area contributed by atoms with Crippen molar-refractivity contribution in [2.45, 2.75) is 45.2 Å². The van der Waals surface area contributed by atoms with E-state index in [0.29, 0.717) is 18.8 Å². The molecule has 0 radical (unpaired) electrons. The number of carbonyl (C=O) groups is 3. The fourth-order valence-electron chi connectivity index (χ4n) is 3.52. The van der Waals surface area contributed by atoms with Crippen molar-refractivity contribution in [3.63, 3.8) is 0 Å². The minimum atomic E-state index is -0.805. The second-order valence-electron chi connectivity index (χ2n) is 7.74. The molecule has 0 bridgehead atoms. The number of hydrazone groups is 1. The Hall–Kier alpha value is -2.97. The van der Waals surface area contributed by atoms with E-state index in [1.54, 1.807) is 4.90 Å². The molecule has 0 saturated carbocycles. The maximum absolute atomic E-state index is 13.2. The summed E-state index contributed by atoms with van der Waals surface area (Å²) >= 11 is 0. The van der Waals surface area contributed by atoms with Gasteiger partial charge in [0.15, 0.2) is 0 Å². The van der Waals surface area contributed by atoms with Crippen molar-refractivity contribution < 1.29 is 18.8 Å². The summed E-state index contributed by atoms with van der Waals surface area (Å²) in [5.41, 5.74) is 6.22. The average molecular weight is 403 g/mol. The normalized spacial score (nSPS) is 21.9. The summed E-state index contributed by atoms with van der Waals surface area (Å²) in [5, 5.41) is 8.67. The fourth-order valence-corrected chi connectivity index (χ4v) is 3.52. The number of benzene rings is 1. The first-order valence-electron chi connectivity index (χ1n) is 9.77. The highest BCUT2D eigenvalue weighted by Crippen LogP contribution is 2.26. The van der Waals surface area contributed by atoms with Crippen molar-refractivity contribution in [2.24, 2.45) is 16.8 Å². The van der Waals surface area contributed by atoms with Crippen molar-refractivity contribution >= 4 is 29.1 Å². The zero-order valence-electron chi connectivity index (χ0n) is 16.6. The van der Waals surface area contributed by atoms with Crippen molar-refractivity contribution in [2.75, 3.05) is 18.1 Å². The molecule has 0 aliphatic carbocycles. The number of likely N-dealkylation sites (tertiary alicyclic amines) is 1. The molecular weight excluding hydrogens is 377 g/mol. The van der Waals surface area contributed by atoms with Gasteiger partial charge in [0, 0.05) is 31.5 Å². The van der Waals surface area contributed by atoms with Crippen LogP contribution in [0.1, 0.15) is 33.1 Å². The third-order valence-corrected chi connectivity index (χ3v) is 5.16. The monoisotopic (exact) mass is 403 g/mol. The average Bonchev–Trinajstić information content (AvgIpc) is 3.14. The Bertz CT molecular complexity index is 824. The van der Waals surface area contributed by atoms with E-state index >= 15 is 0 Å². The second kappa shape index (κ2) is 8.59. The quantitative estimate of drug-likeness (QED) is 0.765. The van der Waals surface area contributed by atoms with Crippen LogP contribution in [0.25, 0.3) is 0 Å². The Balaban J connectivity index is 1.74. The van der Waals surface area contributed by atoms with E-state index in [1.807, 2.05) is 13.8 Å². The van der Waals surface area contributed by atoms with Crippen LogP contribution in [0, 0.1) is 11.7 Å². The molecule has 1 fully saturated rings. The number of primary amides is 1. The van der Waals surface area contributed by atoms with E-state index < -0.39 is 17.8 Å². The lowest BCUT2D eigenvalue weighted by Crippen LogP contribution is -2.51. The van der Waals surface area contributed by atoms with Gasteiger partial charge in [0.25, 0.3) is 5.91 Å². The van der Waals surface area contributed by atoms with E-state index in [-0.39, 0.29) is 35.9 Å². The van der Waals surface area contributed by atoms with Gasteiger partial charge in [-0.1, -0.05) is 13.8 Å². The molecule has 1 aromatic carbocycles. The summed E-state index contributed by atoms with van der Waals surface area (Å²) < 4.78 is 13.2. The number of nitrogens with one attached hydrogen (secondary N) is 1. The van der Waals surface area contributed by atoms with E-state index in [2.05, 4.69) is 10.4 Å². The van der Waals surface area contributed by atoms with Gasteiger partial charge >= 0.3 is 0 Å². The van der Waals surface area contributed by atoms with Gasteiger partial charge in [-0.3, -0.25) is 19.4 Å². The van der Waals surface area contributed by atoms with Crippen molar-refractivity contribution in [3.05, 3.63) is 30.1 Å². The summed E-state index contributed by atoms with van der Waals surface area (Å²) in [5.74, 6) is -1.46. The molecule has 0 aromatic heterocycles. The lowest BCUT2D eigenvalue weighted by molar-refractivity contribution is -0.128. The standard InChI is InChI=1S/C20H26FN5O3/c1-12(2)19(28)23-14-4-3-9-25(11-14)20(29)16-10-17(18(22)27)26(24-16)15-7-5-13(21)6-8-15/h5-8,12,14,17H,3-4,9-11H2,1-2H3,(H2,22,27)(H,23,28). The molecule has 2 aliphatic rings. The molecule has 8 nitrogen and oxygen atoms in total. The molecule has 2 unspecified atom stereocenters. The second-order valence-corrected chi connectivity index (χ2v) is 7.74. The van der Waals surface area contributed by atoms with Gasteiger partial charge in [-0.25, -0.2) is 4.39 Å². The van der Waals surface area contributed by atoms with E-state index in [0.717, 1.165) is 12.8 Å². The fraction of sp³-hybridized carbons (Fsp3) is 0.500. The van der Waals surface area contributed by atoms with Crippen molar-refractivity contribution in [3.8, 4) is 0 Å². The van der Waals surface area contributed by atoms with Crippen molar-refractivity contribution in [1.82, 2.24) is 10.2 Å². The van der Waals surface area contributed by atoms with Gasteiger partial charge in [0.05, 0.1) is 5.69 Å². The van der Waals surface area contributed by atoms with Gasteiger partial charge in [-0.2, -0.15) is 5.10 Å². The highest BCUT2D eigenvalue weighted by Gasteiger charge is 2.37. The number of nitrogens with two attached hydrogens (primary N) is 1. The maximum atomic E-state index is 13.2. The molecule has 2 heterocycles. The summed E-state index contributed by atoms with van der Waals surface area (Å²) in [7, 11) is 0. The van der Waals surface area contributed by atoms with Crippen LogP contribution in [0.15, 0.2) is 29.4 Å². The Morgan fingerprint density at radius 3 is 2.55 bits per heavy atom. The van der Waals surface area contributed by atoms with Crippen LogP contribution in [0.2, 0.25) is 0 Å². The van der Waals surface area contributed by atoms with Crippen LogP contribution < -0.4 is 16.1 Å². The molecular formula is C20H26FN5O3. The predicted octanol–water partition coefficient (Wildman–Crippen LogP) is 1.01. The topological polar surface area (TPSA) is 108 Å². The Morgan fingerprint density at radius 1 is 1.24 bits per heavy atom. The van der Waals surface area contributed by atoms with E-state index in [1.165, 1.54) is 29.3 Å². The minimum Gasteiger partial charge on any atom is -0.368 e. The summed E-state index contributed by atoms with van der Waals surface area (Å²) in [6, 6.07) is 4.58. The molecule has 156 valence electrons. The van der Waals surface area contributed by atoms with Crippen LogP contribution >= 0.6 is 0 Å². The smallest absolute Gasteiger partial charge is 0.270 e. The number of anilines is 1. The number of carbonyl (C=O) groups excluding carboxylic acids is 3. The van der Waals surface area contributed by atoms with Gasteiger partial charge in [-0.15, -0.1) is 0 Å². The van der Waals surface area contributed by atoms with Crippen LogP contribution in [0.5, 0.6) is 0 Å². The molecule has 3 N–H and O–H groups in total. The summed E-state index contributed by atoms with van der Waals surface area (Å²) in [6.45, 7) is 4.60. The molecule has 9 heteroatoms. The molecule has 0 spiro atoms. The summed E-state index contributed by atoms with van der Waals surface area (Å²) in [6.07, 6.45) is 1.66. The zero-order chi connectivity index (χ0) is 21.1. The third kappa shape index (κ3) is 4.72. The highest BCUT2D eigenvalue weighted by molar-refractivity contribution is 6.40.